The lowest BCUT2D eigenvalue weighted by Crippen LogP contribution is -1.96. The Morgan fingerprint density at radius 3 is 2.81 bits per heavy atom. The smallest absolute Gasteiger partial charge is 0.213 e. The van der Waals surface area contributed by atoms with Gasteiger partial charge in [-0.15, -0.1) is 5.11 Å². The summed E-state index contributed by atoms with van der Waals surface area (Å²) in [6.07, 6.45) is 4.84. The molecule has 3 heterocycles. The zero-order valence-corrected chi connectivity index (χ0v) is 14.0. The van der Waals surface area contributed by atoms with Crippen LogP contribution in [0, 0.1) is 0 Å². The third kappa shape index (κ3) is 3.12. The first kappa shape index (κ1) is 15.8. The molecule has 4 rings (SSSR count). The molecule has 3 aromatic heterocycles. The molecule has 0 aliphatic carbocycles. The Kier molecular flexibility index (Phi) is 4.29. The van der Waals surface area contributed by atoms with Gasteiger partial charge in [0, 0.05) is 12.3 Å². The van der Waals surface area contributed by atoms with Gasteiger partial charge in [0.1, 0.15) is 6.33 Å². The molecule has 0 N–H and O–H groups in total. The fourth-order valence-corrected chi connectivity index (χ4v) is 2.51. The number of pyridine rings is 1. The van der Waals surface area contributed by atoms with E-state index in [-0.39, 0.29) is 0 Å². The highest BCUT2D eigenvalue weighted by atomic mass is 16.5. The molecule has 0 amide bonds. The van der Waals surface area contributed by atoms with Crippen LogP contribution < -0.4 is 4.74 Å². The second kappa shape index (κ2) is 7.06. The summed E-state index contributed by atoms with van der Waals surface area (Å²) in [6.45, 7) is 0.400. The number of ether oxygens (including phenoxy) is 1. The Labute approximate surface area is 149 Å². The standard InChI is InChI=1S/C18H15N7O/c1-26-16-9-13(7-8-19-16)10-22-24-17-15-11-23-25(18(15)21-12-20-17)14-5-3-2-4-6-14/h2-9,11-12H,10H2,1H3. The van der Waals surface area contributed by atoms with Crippen LogP contribution in [0.4, 0.5) is 5.82 Å². The molecule has 0 fully saturated rings. The van der Waals surface area contributed by atoms with E-state index in [9.17, 15) is 0 Å². The van der Waals surface area contributed by atoms with Crippen LogP contribution in [0.1, 0.15) is 5.56 Å². The number of para-hydroxylation sites is 1. The van der Waals surface area contributed by atoms with Crippen molar-refractivity contribution in [3.63, 3.8) is 0 Å². The maximum Gasteiger partial charge on any atom is 0.213 e. The molecule has 0 saturated heterocycles. The first-order valence-electron chi connectivity index (χ1n) is 7.96. The summed E-state index contributed by atoms with van der Waals surface area (Å²) in [6, 6.07) is 13.5. The van der Waals surface area contributed by atoms with Gasteiger partial charge in [-0.05, 0) is 23.8 Å². The largest absolute Gasteiger partial charge is 0.481 e. The molecular formula is C18H15N7O. The van der Waals surface area contributed by atoms with Crippen LogP contribution in [0.3, 0.4) is 0 Å². The van der Waals surface area contributed by atoms with Crippen LogP contribution in [-0.4, -0.2) is 31.8 Å². The molecule has 26 heavy (non-hydrogen) atoms. The third-order valence-corrected chi connectivity index (χ3v) is 3.77. The number of fused-ring (bicyclic) bond motifs is 1. The van der Waals surface area contributed by atoms with Crippen LogP contribution >= 0.6 is 0 Å². The van der Waals surface area contributed by atoms with Gasteiger partial charge in [-0.1, -0.05) is 18.2 Å². The van der Waals surface area contributed by atoms with Crippen LogP contribution in [-0.2, 0) is 6.54 Å². The van der Waals surface area contributed by atoms with Crippen LogP contribution in [0.5, 0.6) is 5.88 Å². The summed E-state index contributed by atoms with van der Waals surface area (Å²) >= 11 is 0. The molecule has 8 nitrogen and oxygen atoms in total. The number of hydrogen-bond donors (Lipinski definition) is 0. The molecule has 0 unspecified atom stereocenters. The van der Waals surface area contributed by atoms with Gasteiger partial charge in [0.25, 0.3) is 0 Å². The predicted molar refractivity (Wildman–Crippen MR) is 95.7 cm³/mol. The minimum atomic E-state index is 0.400. The Morgan fingerprint density at radius 2 is 1.96 bits per heavy atom. The topological polar surface area (TPSA) is 90.4 Å². The monoisotopic (exact) mass is 345 g/mol. The summed E-state index contributed by atoms with van der Waals surface area (Å²) in [4.78, 5) is 12.6. The van der Waals surface area contributed by atoms with E-state index in [1.807, 2.05) is 42.5 Å². The number of methoxy groups -OCH3 is 1. The molecule has 1 aromatic carbocycles. The van der Waals surface area contributed by atoms with Gasteiger partial charge >= 0.3 is 0 Å². The highest BCUT2D eigenvalue weighted by molar-refractivity contribution is 5.85. The van der Waals surface area contributed by atoms with Crippen molar-refractivity contribution in [2.24, 2.45) is 10.2 Å². The molecule has 0 spiro atoms. The van der Waals surface area contributed by atoms with Crippen LogP contribution in [0.25, 0.3) is 16.7 Å². The fraction of sp³-hybridized carbons (Fsp3) is 0.111. The van der Waals surface area contributed by atoms with E-state index in [1.54, 1.807) is 24.2 Å². The van der Waals surface area contributed by atoms with Gasteiger partial charge in [0.15, 0.2) is 11.5 Å². The molecule has 0 radical (unpaired) electrons. The van der Waals surface area contributed by atoms with Gasteiger partial charge in [-0.2, -0.15) is 10.2 Å². The highest BCUT2D eigenvalue weighted by Crippen LogP contribution is 2.24. The Morgan fingerprint density at radius 1 is 1.08 bits per heavy atom. The number of azo groups is 1. The molecule has 0 aliphatic heterocycles. The molecule has 4 aromatic rings. The van der Waals surface area contributed by atoms with Gasteiger partial charge in [-0.3, -0.25) is 0 Å². The number of hydrogen-bond acceptors (Lipinski definition) is 7. The molecule has 128 valence electrons. The van der Waals surface area contributed by atoms with Crippen molar-refractivity contribution in [2.75, 3.05) is 7.11 Å². The van der Waals surface area contributed by atoms with E-state index < -0.39 is 0 Å². The van der Waals surface area contributed by atoms with Crippen molar-refractivity contribution in [1.82, 2.24) is 24.7 Å². The third-order valence-electron chi connectivity index (χ3n) is 3.77. The van der Waals surface area contributed by atoms with Gasteiger partial charge in [-0.25, -0.2) is 19.6 Å². The summed E-state index contributed by atoms with van der Waals surface area (Å²) in [5, 5.41) is 13.6. The van der Waals surface area contributed by atoms with Crippen molar-refractivity contribution in [3.8, 4) is 11.6 Å². The van der Waals surface area contributed by atoms with E-state index in [0.29, 0.717) is 23.9 Å². The first-order chi connectivity index (χ1) is 12.8. The first-order valence-corrected chi connectivity index (χ1v) is 7.96. The van der Waals surface area contributed by atoms with Crippen LogP contribution in [0.15, 0.2) is 71.4 Å². The van der Waals surface area contributed by atoms with E-state index in [0.717, 1.165) is 16.6 Å². The Balaban J connectivity index is 1.62. The van der Waals surface area contributed by atoms with Gasteiger partial charge in [0.05, 0.1) is 30.9 Å². The van der Waals surface area contributed by atoms with Crippen molar-refractivity contribution >= 4 is 16.9 Å². The zero-order valence-electron chi connectivity index (χ0n) is 14.0. The average Bonchev–Trinajstić information content (AvgIpc) is 3.14. The lowest BCUT2D eigenvalue weighted by molar-refractivity contribution is 0.397. The normalized spacial score (nSPS) is 11.3. The van der Waals surface area contributed by atoms with E-state index in [1.165, 1.54) is 6.33 Å². The maximum absolute atomic E-state index is 5.11. The second-order valence-electron chi connectivity index (χ2n) is 5.43. The molecular weight excluding hydrogens is 330 g/mol. The van der Waals surface area contributed by atoms with E-state index in [4.69, 9.17) is 4.74 Å². The molecule has 8 heteroatoms. The van der Waals surface area contributed by atoms with Crippen molar-refractivity contribution in [2.45, 2.75) is 6.54 Å². The quantitative estimate of drug-likeness (QED) is 0.516. The van der Waals surface area contributed by atoms with Crippen molar-refractivity contribution in [1.29, 1.82) is 0 Å². The van der Waals surface area contributed by atoms with Gasteiger partial charge in [0.2, 0.25) is 5.88 Å². The average molecular weight is 345 g/mol. The minimum Gasteiger partial charge on any atom is -0.481 e. The predicted octanol–water partition coefficient (Wildman–Crippen LogP) is 3.50. The summed E-state index contributed by atoms with van der Waals surface area (Å²) in [5.41, 5.74) is 2.56. The molecule has 0 saturated carbocycles. The molecule has 0 aliphatic rings. The Bertz CT molecular complexity index is 1060. The number of benzene rings is 1. The number of aromatic nitrogens is 5. The van der Waals surface area contributed by atoms with E-state index >= 15 is 0 Å². The SMILES string of the molecule is COc1cc(CN=Nc2ncnc3c2cnn3-c2ccccc2)ccn1. The molecule has 0 atom stereocenters. The fourth-order valence-electron chi connectivity index (χ4n) is 2.51. The molecule has 0 bridgehead atoms. The lowest BCUT2D eigenvalue weighted by atomic mass is 10.3. The maximum atomic E-state index is 5.11. The lowest BCUT2D eigenvalue weighted by Gasteiger charge is -2.02. The number of rotatable bonds is 5. The van der Waals surface area contributed by atoms with Crippen LogP contribution in [0.2, 0.25) is 0 Å². The van der Waals surface area contributed by atoms with Gasteiger partial charge < -0.3 is 4.74 Å². The summed E-state index contributed by atoms with van der Waals surface area (Å²) < 4.78 is 6.86. The van der Waals surface area contributed by atoms with Crippen molar-refractivity contribution < 1.29 is 4.74 Å². The summed E-state index contributed by atoms with van der Waals surface area (Å²) in [7, 11) is 1.58. The number of nitrogens with zero attached hydrogens (tertiary/aromatic N) is 7. The van der Waals surface area contributed by atoms with Crippen molar-refractivity contribution in [3.05, 3.63) is 66.7 Å². The minimum absolute atomic E-state index is 0.400. The highest BCUT2D eigenvalue weighted by Gasteiger charge is 2.10. The Hall–Kier alpha value is -3.68. The zero-order chi connectivity index (χ0) is 17.8. The van der Waals surface area contributed by atoms with E-state index in [2.05, 4.69) is 30.3 Å². The second-order valence-corrected chi connectivity index (χ2v) is 5.43. The summed E-state index contributed by atoms with van der Waals surface area (Å²) in [5.74, 6) is 1.03.